The topological polar surface area (TPSA) is 207 Å². The Kier molecular flexibility index (Phi) is 12.8. The van der Waals surface area contributed by atoms with E-state index in [1.807, 2.05) is 0 Å². The number of hydrogen-bond acceptors (Lipinski definition) is 12. The number of carbonyl (C=O) groups excluding carboxylic acids is 2. The van der Waals surface area contributed by atoms with Crippen LogP contribution < -0.4 is 10.6 Å². The van der Waals surface area contributed by atoms with Crippen molar-refractivity contribution in [3.8, 4) is 11.3 Å². The van der Waals surface area contributed by atoms with Crippen molar-refractivity contribution in [1.82, 2.24) is 25.6 Å². The highest BCUT2D eigenvalue weighted by atomic mass is 16.7. The van der Waals surface area contributed by atoms with Gasteiger partial charge in [0.25, 0.3) is 5.91 Å². The standard InChI is InChI=1S/C25H37N5O10/c1-26-20(32)6-7-27-24(36)17-4-2-16(3-5-17)18-14-30(29-28-18)8-9-37-10-11-38-12-13-39-25-23(35)22(34)21(33)19(15-31)40-25/h2-5,14,19,21-23,25,31,33-35H,6-13,15H2,1H3,(H,26,32)(H,27,36)/t19-,21-,22+,23+,25?/m1/s1. The summed E-state index contributed by atoms with van der Waals surface area (Å²) in [6.45, 7) is 1.45. The van der Waals surface area contributed by atoms with Crippen LogP contribution in [0.25, 0.3) is 11.3 Å². The number of aromatic nitrogens is 3. The minimum atomic E-state index is -1.49. The van der Waals surface area contributed by atoms with Crippen LogP contribution in [0.5, 0.6) is 0 Å². The van der Waals surface area contributed by atoms with Gasteiger partial charge in [0.05, 0.1) is 52.4 Å². The summed E-state index contributed by atoms with van der Waals surface area (Å²) in [5, 5.41) is 52.1. The third-order valence-corrected chi connectivity index (χ3v) is 6.09. The number of nitrogens with zero attached hydrogens (tertiary/aromatic N) is 3. The maximum absolute atomic E-state index is 12.2. The Morgan fingerprint density at radius 3 is 2.40 bits per heavy atom. The summed E-state index contributed by atoms with van der Waals surface area (Å²) in [4.78, 5) is 23.4. The lowest BCUT2D eigenvalue weighted by atomic mass is 9.99. The molecule has 1 saturated heterocycles. The van der Waals surface area contributed by atoms with Crippen molar-refractivity contribution in [2.24, 2.45) is 0 Å². The number of hydrogen-bond donors (Lipinski definition) is 6. The third kappa shape index (κ3) is 9.28. The van der Waals surface area contributed by atoms with Gasteiger partial charge < -0.3 is 50.0 Å². The quantitative estimate of drug-likeness (QED) is 0.118. The molecule has 6 N–H and O–H groups in total. The fourth-order valence-electron chi connectivity index (χ4n) is 3.76. The van der Waals surface area contributed by atoms with Crippen LogP contribution in [0, 0.1) is 0 Å². The second kappa shape index (κ2) is 16.3. The molecule has 222 valence electrons. The van der Waals surface area contributed by atoms with Crippen LogP contribution in [0.15, 0.2) is 30.5 Å². The van der Waals surface area contributed by atoms with Gasteiger partial charge in [0, 0.05) is 31.1 Å². The minimum absolute atomic E-state index is 0.0633. The first-order valence-corrected chi connectivity index (χ1v) is 12.9. The number of aliphatic hydroxyl groups is 4. The van der Waals surface area contributed by atoms with Gasteiger partial charge in [-0.2, -0.15) is 0 Å². The normalized spacial score (nSPS) is 22.7. The zero-order valence-electron chi connectivity index (χ0n) is 22.2. The molecule has 1 aromatic carbocycles. The average Bonchev–Trinajstić information content (AvgIpc) is 3.45. The zero-order valence-corrected chi connectivity index (χ0v) is 22.2. The van der Waals surface area contributed by atoms with Crippen molar-refractivity contribution in [3.05, 3.63) is 36.0 Å². The zero-order chi connectivity index (χ0) is 28.9. The summed E-state index contributed by atoms with van der Waals surface area (Å²) >= 11 is 0. The Labute approximate surface area is 231 Å². The molecule has 0 radical (unpaired) electrons. The molecular formula is C25H37N5O10. The van der Waals surface area contributed by atoms with Gasteiger partial charge in [-0.3, -0.25) is 9.59 Å². The van der Waals surface area contributed by atoms with E-state index in [0.29, 0.717) is 37.6 Å². The average molecular weight is 568 g/mol. The predicted octanol–water partition coefficient (Wildman–Crippen LogP) is -2.34. The van der Waals surface area contributed by atoms with E-state index in [1.165, 1.54) is 0 Å². The van der Waals surface area contributed by atoms with Gasteiger partial charge >= 0.3 is 0 Å². The SMILES string of the molecule is CNC(=O)CCNC(=O)c1ccc(-c2cn(CCOCCOCCOC3O[C@H](CO)[C@@H](O)[C@H](O)[C@@H]3O)nn2)cc1. The highest BCUT2D eigenvalue weighted by Crippen LogP contribution is 2.22. The van der Waals surface area contributed by atoms with Gasteiger partial charge in [-0.15, -0.1) is 5.10 Å². The summed E-state index contributed by atoms with van der Waals surface area (Å²) < 4.78 is 23.2. The molecule has 5 atom stereocenters. The summed E-state index contributed by atoms with van der Waals surface area (Å²) in [6, 6.07) is 6.91. The molecule has 1 aliphatic rings. The number of benzene rings is 1. The maximum atomic E-state index is 12.2. The first-order chi connectivity index (χ1) is 19.3. The monoisotopic (exact) mass is 567 g/mol. The molecule has 0 saturated carbocycles. The summed E-state index contributed by atoms with van der Waals surface area (Å²) in [7, 11) is 1.54. The Hall–Kier alpha value is -3.02. The lowest BCUT2D eigenvalue weighted by Crippen LogP contribution is -2.59. The van der Waals surface area contributed by atoms with Crippen molar-refractivity contribution in [2.75, 3.05) is 53.2 Å². The molecule has 2 heterocycles. The van der Waals surface area contributed by atoms with Crippen LogP contribution in [0.2, 0.25) is 0 Å². The smallest absolute Gasteiger partial charge is 0.251 e. The van der Waals surface area contributed by atoms with Crippen molar-refractivity contribution in [1.29, 1.82) is 0 Å². The minimum Gasteiger partial charge on any atom is -0.394 e. The maximum Gasteiger partial charge on any atom is 0.251 e. The first kappa shape index (κ1) is 31.5. The van der Waals surface area contributed by atoms with E-state index in [0.717, 1.165) is 5.56 Å². The van der Waals surface area contributed by atoms with Crippen LogP contribution >= 0.6 is 0 Å². The van der Waals surface area contributed by atoms with E-state index >= 15 is 0 Å². The number of rotatable bonds is 16. The largest absolute Gasteiger partial charge is 0.394 e. The number of ether oxygens (including phenoxy) is 4. The summed E-state index contributed by atoms with van der Waals surface area (Å²) in [6.07, 6.45) is -4.59. The molecule has 0 aliphatic carbocycles. The Morgan fingerprint density at radius 1 is 1.00 bits per heavy atom. The predicted molar refractivity (Wildman–Crippen MR) is 138 cm³/mol. The summed E-state index contributed by atoms with van der Waals surface area (Å²) in [5.74, 6) is -0.405. The fraction of sp³-hybridized carbons (Fsp3) is 0.600. The van der Waals surface area contributed by atoms with Gasteiger partial charge in [-0.05, 0) is 12.1 Å². The molecule has 1 aromatic heterocycles. The summed E-state index contributed by atoms with van der Waals surface area (Å²) in [5.41, 5.74) is 1.92. The fourth-order valence-corrected chi connectivity index (χ4v) is 3.76. The molecule has 40 heavy (non-hydrogen) atoms. The second-order valence-electron chi connectivity index (χ2n) is 8.92. The van der Waals surface area contributed by atoms with Gasteiger partial charge in [0.2, 0.25) is 5.91 Å². The molecule has 15 heteroatoms. The van der Waals surface area contributed by atoms with E-state index < -0.39 is 37.3 Å². The van der Waals surface area contributed by atoms with Crippen molar-refractivity contribution in [2.45, 2.75) is 43.7 Å². The Bertz CT molecular complexity index is 1050. The third-order valence-electron chi connectivity index (χ3n) is 6.09. The Morgan fingerprint density at radius 2 is 1.70 bits per heavy atom. The molecule has 3 rings (SSSR count). The second-order valence-corrected chi connectivity index (χ2v) is 8.92. The van der Waals surface area contributed by atoms with Gasteiger partial charge in [-0.25, -0.2) is 4.68 Å². The van der Waals surface area contributed by atoms with E-state index in [2.05, 4.69) is 20.9 Å². The van der Waals surface area contributed by atoms with Crippen LogP contribution in [0.1, 0.15) is 16.8 Å². The van der Waals surface area contributed by atoms with E-state index in [1.54, 1.807) is 42.2 Å². The van der Waals surface area contributed by atoms with Gasteiger partial charge in [-0.1, -0.05) is 17.3 Å². The molecule has 1 fully saturated rings. The van der Waals surface area contributed by atoms with E-state index in [9.17, 15) is 30.0 Å². The van der Waals surface area contributed by atoms with Gasteiger partial charge in [0.1, 0.15) is 30.1 Å². The molecular weight excluding hydrogens is 530 g/mol. The molecule has 0 spiro atoms. The van der Waals surface area contributed by atoms with Crippen LogP contribution in [-0.2, 0) is 30.3 Å². The van der Waals surface area contributed by atoms with Crippen molar-refractivity contribution in [3.63, 3.8) is 0 Å². The molecule has 1 aliphatic heterocycles. The van der Waals surface area contributed by atoms with E-state index in [4.69, 9.17) is 18.9 Å². The van der Waals surface area contributed by atoms with Crippen molar-refractivity contribution >= 4 is 11.8 Å². The van der Waals surface area contributed by atoms with E-state index in [-0.39, 0.29) is 38.0 Å². The highest BCUT2D eigenvalue weighted by molar-refractivity contribution is 5.94. The molecule has 1 unspecified atom stereocenters. The lowest BCUT2D eigenvalue weighted by Gasteiger charge is -2.39. The first-order valence-electron chi connectivity index (χ1n) is 12.9. The molecule has 2 aromatic rings. The van der Waals surface area contributed by atoms with Crippen LogP contribution in [0.3, 0.4) is 0 Å². The molecule has 15 nitrogen and oxygen atoms in total. The Balaban J connectivity index is 1.27. The lowest BCUT2D eigenvalue weighted by molar-refractivity contribution is -0.302. The number of nitrogens with one attached hydrogen (secondary N) is 2. The number of aliphatic hydroxyl groups excluding tert-OH is 4. The molecule has 2 amide bonds. The molecule has 0 bridgehead atoms. The number of amides is 2. The highest BCUT2D eigenvalue weighted by Gasteiger charge is 2.43. The van der Waals surface area contributed by atoms with Crippen LogP contribution in [0.4, 0.5) is 0 Å². The van der Waals surface area contributed by atoms with Crippen molar-refractivity contribution < 1.29 is 49.0 Å². The number of carbonyl (C=O) groups is 2. The van der Waals surface area contributed by atoms with Gasteiger partial charge in [0.15, 0.2) is 6.29 Å². The van der Waals surface area contributed by atoms with Crippen LogP contribution in [-0.4, -0.2) is 131 Å².